The lowest BCUT2D eigenvalue weighted by molar-refractivity contribution is 0.472. The van der Waals surface area contributed by atoms with E-state index in [1.807, 2.05) is 0 Å². The molecule has 0 N–H and O–H groups in total. The summed E-state index contributed by atoms with van der Waals surface area (Å²) in [6.45, 7) is 1.36. The topological polar surface area (TPSA) is 3.01 Å². The molecule has 1 saturated carbocycles. The molecule has 0 aromatic heterocycles. The number of allylic oxidation sites excluding steroid dienone is 1. The second-order valence-electron chi connectivity index (χ2n) is 3.50. The van der Waals surface area contributed by atoms with Crippen LogP contribution in [0.1, 0.15) is 19.3 Å². The van der Waals surface area contributed by atoms with Crippen molar-refractivity contribution in [2.45, 2.75) is 19.3 Å². The first-order valence-electron chi connectivity index (χ1n) is 3.93. The lowest BCUT2D eigenvalue weighted by Crippen LogP contribution is -2.05. The van der Waals surface area contributed by atoms with Gasteiger partial charge >= 0.3 is 0 Å². The monoisotopic (exact) mass is 121 g/mol. The van der Waals surface area contributed by atoms with Crippen molar-refractivity contribution in [3.05, 3.63) is 11.9 Å². The number of hydrogen-bond acceptors (Lipinski definition) is 1. The quantitative estimate of drug-likeness (QED) is 0.470. The van der Waals surface area contributed by atoms with Gasteiger partial charge in [0.1, 0.15) is 0 Å². The number of fused-ring (bicyclic) bond motifs is 3. The SMILES string of the molecule is C1=C2C3CCC[C@H]3CN12. The van der Waals surface area contributed by atoms with Crippen LogP contribution in [0.5, 0.6) is 0 Å². The van der Waals surface area contributed by atoms with Crippen molar-refractivity contribution in [3.8, 4) is 0 Å². The molecule has 0 radical (unpaired) electrons. The summed E-state index contributed by atoms with van der Waals surface area (Å²) in [6, 6.07) is 0. The summed E-state index contributed by atoms with van der Waals surface area (Å²) in [5.74, 6) is 2.06. The van der Waals surface area contributed by atoms with Crippen LogP contribution in [0.15, 0.2) is 11.9 Å². The maximum Gasteiger partial charge on any atom is 0.0373 e. The van der Waals surface area contributed by atoms with Gasteiger partial charge in [-0.25, -0.2) is 0 Å². The molecular formula is C8H11N. The van der Waals surface area contributed by atoms with Crippen molar-refractivity contribution in [2.75, 3.05) is 6.54 Å². The van der Waals surface area contributed by atoms with Crippen LogP contribution < -0.4 is 0 Å². The van der Waals surface area contributed by atoms with E-state index in [-0.39, 0.29) is 0 Å². The highest BCUT2D eigenvalue weighted by atomic mass is 15.3. The van der Waals surface area contributed by atoms with Crippen LogP contribution in [0.4, 0.5) is 0 Å². The molecule has 1 unspecified atom stereocenters. The van der Waals surface area contributed by atoms with E-state index >= 15 is 0 Å². The largest absolute Gasteiger partial charge is 0.348 e. The molecule has 0 bridgehead atoms. The van der Waals surface area contributed by atoms with Gasteiger partial charge in [-0.3, -0.25) is 0 Å². The van der Waals surface area contributed by atoms with Gasteiger partial charge < -0.3 is 4.90 Å². The highest BCUT2D eigenvalue weighted by molar-refractivity contribution is 5.29. The molecule has 0 amide bonds. The van der Waals surface area contributed by atoms with Gasteiger partial charge in [0.2, 0.25) is 0 Å². The van der Waals surface area contributed by atoms with E-state index < -0.39 is 0 Å². The molecular weight excluding hydrogens is 110 g/mol. The summed E-state index contributed by atoms with van der Waals surface area (Å²) in [4.78, 5) is 2.44. The lowest BCUT2D eigenvalue weighted by atomic mass is 9.99. The first-order chi connectivity index (χ1) is 4.45. The molecule has 9 heavy (non-hydrogen) atoms. The molecule has 48 valence electrons. The molecule has 2 fully saturated rings. The molecule has 1 heteroatoms. The van der Waals surface area contributed by atoms with Gasteiger partial charge in [-0.1, -0.05) is 6.42 Å². The smallest absolute Gasteiger partial charge is 0.0373 e. The van der Waals surface area contributed by atoms with Gasteiger partial charge in [0.15, 0.2) is 0 Å². The molecule has 1 aliphatic carbocycles. The van der Waals surface area contributed by atoms with Gasteiger partial charge in [0.25, 0.3) is 0 Å². The van der Waals surface area contributed by atoms with Crippen LogP contribution in [0.25, 0.3) is 0 Å². The van der Waals surface area contributed by atoms with Crippen LogP contribution in [-0.4, -0.2) is 11.4 Å². The number of rotatable bonds is 0. The minimum Gasteiger partial charge on any atom is -0.348 e. The zero-order chi connectivity index (χ0) is 5.84. The number of nitrogens with zero attached hydrogens (tertiary/aromatic N) is 1. The normalized spacial score (nSPS) is 44.4. The van der Waals surface area contributed by atoms with E-state index in [0.717, 1.165) is 11.8 Å². The Hall–Kier alpha value is -0.460. The molecule has 2 aliphatic heterocycles. The Bertz CT molecular complexity index is 183. The van der Waals surface area contributed by atoms with E-state index in [2.05, 4.69) is 11.1 Å². The molecule has 1 saturated heterocycles. The van der Waals surface area contributed by atoms with Crippen molar-refractivity contribution >= 4 is 0 Å². The van der Waals surface area contributed by atoms with Gasteiger partial charge in [-0.05, 0) is 18.8 Å². The first kappa shape index (κ1) is 4.37. The average Bonchev–Trinajstić information content (AvgIpc) is 2.38. The molecule has 1 nitrogen and oxygen atoms in total. The Kier molecular flexibility index (Phi) is 0.572. The average molecular weight is 121 g/mol. The summed E-state index contributed by atoms with van der Waals surface area (Å²) in [5, 5.41) is 0. The molecule has 3 rings (SSSR count). The third-order valence-electron chi connectivity index (χ3n) is 3.02. The zero-order valence-electron chi connectivity index (χ0n) is 5.51. The molecule has 3 aliphatic rings. The van der Waals surface area contributed by atoms with Crippen molar-refractivity contribution in [2.24, 2.45) is 11.8 Å². The molecule has 0 spiro atoms. The van der Waals surface area contributed by atoms with Crippen LogP contribution in [0.3, 0.4) is 0 Å². The molecule has 0 aromatic rings. The Morgan fingerprint density at radius 2 is 2.44 bits per heavy atom. The van der Waals surface area contributed by atoms with Gasteiger partial charge in [-0.2, -0.15) is 0 Å². The Morgan fingerprint density at radius 3 is 3.33 bits per heavy atom. The van der Waals surface area contributed by atoms with E-state index in [1.165, 1.54) is 25.8 Å². The molecule has 0 aromatic carbocycles. The molecule has 2 heterocycles. The third kappa shape index (κ3) is 0.418. The van der Waals surface area contributed by atoms with E-state index in [4.69, 9.17) is 0 Å². The highest BCUT2D eigenvalue weighted by Gasteiger charge is 2.45. The minimum atomic E-state index is 1.00. The fourth-order valence-corrected chi connectivity index (χ4v) is 2.50. The van der Waals surface area contributed by atoms with Crippen molar-refractivity contribution < 1.29 is 0 Å². The predicted octanol–water partition coefficient (Wildman–Crippen LogP) is 1.57. The summed E-state index contributed by atoms with van der Waals surface area (Å²) in [5.41, 5.74) is 1.68. The van der Waals surface area contributed by atoms with Crippen LogP contribution in [0, 0.1) is 11.8 Å². The van der Waals surface area contributed by atoms with E-state index in [0.29, 0.717) is 0 Å². The fourth-order valence-electron chi connectivity index (χ4n) is 2.50. The van der Waals surface area contributed by atoms with Crippen LogP contribution in [-0.2, 0) is 0 Å². The number of hydrogen-bond donors (Lipinski definition) is 0. The van der Waals surface area contributed by atoms with Crippen LogP contribution in [0.2, 0.25) is 0 Å². The summed E-state index contributed by atoms with van der Waals surface area (Å²) >= 11 is 0. The Labute approximate surface area is 55.3 Å². The first-order valence-corrected chi connectivity index (χ1v) is 3.93. The van der Waals surface area contributed by atoms with E-state index in [9.17, 15) is 0 Å². The van der Waals surface area contributed by atoms with Crippen molar-refractivity contribution in [1.29, 1.82) is 0 Å². The summed E-state index contributed by atoms with van der Waals surface area (Å²) in [6.07, 6.45) is 6.79. The second-order valence-corrected chi connectivity index (χ2v) is 3.50. The van der Waals surface area contributed by atoms with Crippen LogP contribution >= 0.6 is 0 Å². The standard InChI is InChI=1S/C8H11N/c1-2-6-4-9-5-8(9)7(6)3-1/h5-7H,1-4H2/t6-,7?,9?/m0/s1. The van der Waals surface area contributed by atoms with Crippen molar-refractivity contribution in [3.63, 3.8) is 0 Å². The zero-order valence-corrected chi connectivity index (χ0v) is 5.51. The maximum absolute atomic E-state index is 2.44. The van der Waals surface area contributed by atoms with Gasteiger partial charge in [0, 0.05) is 24.4 Å². The minimum absolute atomic E-state index is 1.00. The van der Waals surface area contributed by atoms with Crippen molar-refractivity contribution in [1.82, 2.24) is 4.90 Å². The Balaban J connectivity index is 1.95. The maximum atomic E-state index is 2.44. The lowest BCUT2D eigenvalue weighted by Gasteiger charge is -2.04. The summed E-state index contributed by atoms with van der Waals surface area (Å²) in [7, 11) is 0. The predicted molar refractivity (Wildman–Crippen MR) is 35.6 cm³/mol. The Morgan fingerprint density at radius 1 is 1.44 bits per heavy atom. The van der Waals surface area contributed by atoms with Gasteiger partial charge in [-0.15, -0.1) is 0 Å². The summed E-state index contributed by atoms with van der Waals surface area (Å²) < 4.78 is 0. The van der Waals surface area contributed by atoms with E-state index in [1.54, 1.807) is 5.70 Å². The fraction of sp³-hybridized carbons (Fsp3) is 0.750. The molecule has 2 atom stereocenters. The van der Waals surface area contributed by atoms with Gasteiger partial charge in [0.05, 0.1) is 0 Å². The second kappa shape index (κ2) is 1.18. The third-order valence-corrected chi connectivity index (χ3v) is 3.02. The highest BCUT2D eigenvalue weighted by Crippen LogP contribution is 2.50.